The van der Waals surface area contributed by atoms with Gasteiger partial charge in [0.25, 0.3) is 0 Å². The van der Waals surface area contributed by atoms with Gasteiger partial charge in [-0.1, -0.05) is 20.3 Å². The van der Waals surface area contributed by atoms with E-state index in [4.69, 9.17) is 5.11 Å². The summed E-state index contributed by atoms with van der Waals surface area (Å²) in [6.45, 7) is 3.25. The van der Waals surface area contributed by atoms with Crippen LogP contribution in [0.3, 0.4) is 0 Å². The topological polar surface area (TPSA) is 20.2 Å². The zero-order chi connectivity index (χ0) is 8.36. The van der Waals surface area contributed by atoms with Crippen molar-refractivity contribution in [3.8, 4) is 0 Å². The van der Waals surface area contributed by atoms with Crippen LogP contribution in [0.1, 0.15) is 20.3 Å². The van der Waals surface area contributed by atoms with Gasteiger partial charge in [0.1, 0.15) is 6.10 Å². The summed E-state index contributed by atoms with van der Waals surface area (Å²) in [5.41, 5.74) is 0. The molecule has 0 aromatic carbocycles. The maximum Gasteiger partial charge on any atom is 0.347 e. The summed E-state index contributed by atoms with van der Waals surface area (Å²) in [4.78, 5) is 0. The Morgan fingerprint density at radius 3 is 2.10 bits per heavy atom. The van der Waals surface area contributed by atoms with E-state index in [9.17, 15) is 8.78 Å². The Balaban J connectivity index is 3.94. The minimum Gasteiger partial charge on any atom is -0.385 e. The molecule has 2 atom stereocenters. The first kappa shape index (κ1) is 10.1. The van der Waals surface area contributed by atoms with Crippen molar-refractivity contribution in [2.75, 3.05) is 0 Å². The average Bonchev–Trinajstić information content (AvgIpc) is 1.83. The lowest BCUT2D eigenvalue weighted by Gasteiger charge is -2.20. The number of halogens is 3. The van der Waals surface area contributed by atoms with E-state index in [2.05, 4.69) is 11.6 Å². The number of aliphatic hydroxyl groups is 1. The second-order valence-corrected chi connectivity index (χ2v) is 2.88. The Hall–Kier alpha value is 0.110. The third kappa shape index (κ3) is 2.80. The Labute approximate surface area is 64.0 Å². The quantitative estimate of drug-likeness (QED) is 0.648. The molecule has 1 nitrogen and oxygen atoms in total. The van der Waals surface area contributed by atoms with Gasteiger partial charge in [-0.15, -0.1) is 0 Å². The van der Waals surface area contributed by atoms with Gasteiger partial charge in [-0.2, -0.15) is 8.78 Å². The molecule has 0 fully saturated rings. The molecule has 62 valence electrons. The molecule has 10 heavy (non-hydrogen) atoms. The van der Waals surface area contributed by atoms with Crippen LogP contribution < -0.4 is 0 Å². The second kappa shape index (κ2) is 3.49. The molecule has 1 N–H and O–H groups in total. The maximum absolute atomic E-state index is 12.1. The standard InChI is InChI=1S/C6H11ClF2O/c1-3-4(2)5(10)6(7,8)9/h4-5,10H,3H2,1-2H3. The predicted molar refractivity (Wildman–Crippen MR) is 36.3 cm³/mol. The van der Waals surface area contributed by atoms with Gasteiger partial charge >= 0.3 is 5.38 Å². The van der Waals surface area contributed by atoms with E-state index in [0.717, 1.165) is 0 Å². The van der Waals surface area contributed by atoms with Crippen LogP contribution in [0.4, 0.5) is 8.78 Å². The molecule has 0 saturated carbocycles. The van der Waals surface area contributed by atoms with Gasteiger partial charge in [-0.3, -0.25) is 0 Å². The highest BCUT2D eigenvalue weighted by Gasteiger charge is 2.38. The molecule has 0 aromatic rings. The summed E-state index contributed by atoms with van der Waals surface area (Å²) >= 11 is 4.57. The molecule has 4 heteroatoms. The number of alkyl halides is 3. The largest absolute Gasteiger partial charge is 0.385 e. The predicted octanol–water partition coefficient (Wildman–Crippen LogP) is 2.23. The summed E-state index contributed by atoms with van der Waals surface area (Å²) in [6, 6.07) is 0. The molecule has 0 bridgehead atoms. The van der Waals surface area contributed by atoms with E-state index in [0.29, 0.717) is 6.42 Å². The van der Waals surface area contributed by atoms with Crippen molar-refractivity contribution in [1.82, 2.24) is 0 Å². The number of hydrogen-bond acceptors (Lipinski definition) is 1. The third-order valence-electron chi connectivity index (χ3n) is 1.52. The summed E-state index contributed by atoms with van der Waals surface area (Å²) in [5.74, 6) is -0.465. The molecule has 0 aliphatic rings. The van der Waals surface area contributed by atoms with Crippen LogP contribution in [-0.2, 0) is 0 Å². The van der Waals surface area contributed by atoms with Crippen LogP contribution in [0.5, 0.6) is 0 Å². The number of hydrogen-bond donors (Lipinski definition) is 1. The molecule has 0 saturated heterocycles. The minimum atomic E-state index is -3.49. The monoisotopic (exact) mass is 172 g/mol. The summed E-state index contributed by atoms with van der Waals surface area (Å²) in [5, 5.41) is 5.28. The SMILES string of the molecule is CCC(C)C(O)C(F)(F)Cl. The molecule has 0 radical (unpaired) electrons. The molecule has 0 aromatic heterocycles. The molecule has 0 heterocycles. The summed E-state index contributed by atoms with van der Waals surface area (Å²) in [7, 11) is 0. The van der Waals surface area contributed by atoms with Crippen LogP contribution in [0.2, 0.25) is 0 Å². The molecule has 0 spiro atoms. The summed E-state index contributed by atoms with van der Waals surface area (Å²) < 4.78 is 24.1. The number of rotatable bonds is 3. The van der Waals surface area contributed by atoms with Gasteiger partial charge in [-0.25, -0.2) is 0 Å². The Bertz CT molecular complexity index is 102. The van der Waals surface area contributed by atoms with Crippen LogP contribution in [0, 0.1) is 5.92 Å². The normalized spacial score (nSPS) is 18.6. The van der Waals surface area contributed by atoms with E-state index >= 15 is 0 Å². The van der Waals surface area contributed by atoms with E-state index < -0.39 is 17.4 Å². The van der Waals surface area contributed by atoms with Gasteiger partial charge in [0, 0.05) is 0 Å². The van der Waals surface area contributed by atoms with Gasteiger partial charge in [0.2, 0.25) is 0 Å². The first-order chi connectivity index (χ1) is 4.39. The first-order valence-corrected chi connectivity index (χ1v) is 3.52. The average molecular weight is 173 g/mol. The van der Waals surface area contributed by atoms with E-state index in [1.165, 1.54) is 6.92 Å². The van der Waals surface area contributed by atoms with Gasteiger partial charge in [0.05, 0.1) is 0 Å². The smallest absolute Gasteiger partial charge is 0.347 e. The molecular formula is C6H11ClF2O. The fourth-order valence-corrected chi connectivity index (χ4v) is 0.761. The highest BCUT2D eigenvalue weighted by Crippen LogP contribution is 2.29. The van der Waals surface area contributed by atoms with Crippen LogP contribution in [0.15, 0.2) is 0 Å². The van der Waals surface area contributed by atoms with Crippen molar-refractivity contribution in [2.45, 2.75) is 31.8 Å². The minimum absolute atomic E-state index is 0.465. The lowest BCUT2D eigenvalue weighted by Crippen LogP contribution is -2.33. The zero-order valence-corrected chi connectivity index (χ0v) is 6.70. The molecule has 0 rings (SSSR count). The van der Waals surface area contributed by atoms with Crippen molar-refractivity contribution in [3.63, 3.8) is 0 Å². The molecular weight excluding hydrogens is 162 g/mol. The Kier molecular flexibility index (Phi) is 3.52. The zero-order valence-electron chi connectivity index (χ0n) is 5.94. The molecule has 2 unspecified atom stereocenters. The lowest BCUT2D eigenvalue weighted by atomic mass is 10.0. The van der Waals surface area contributed by atoms with Crippen molar-refractivity contribution >= 4 is 11.6 Å². The van der Waals surface area contributed by atoms with Crippen LogP contribution in [-0.4, -0.2) is 16.6 Å². The van der Waals surface area contributed by atoms with Gasteiger partial charge < -0.3 is 5.11 Å². The van der Waals surface area contributed by atoms with Crippen molar-refractivity contribution in [3.05, 3.63) is 0 Å². The fraction of sp³-hybridized carbons (Fsp3) is 1.00. The van der Waals surface area contributed by atoms with E-state index in [1.807, 2.05) is 0 Å². The highest BCUT2D eigenvalue weighted by atomic mass is 35.5. The van der Waals surface area contributed by atoms with Crippen molar-refractivity contribution in [2.24, 2.45) is 5.92 Å². The van der Waals surface area contributed by atoms with Crippen molar-refractivity contribution in [1.29, 1.82) is 0 Å². The fourth-order valence-electron chi connectivity index (χ4n) is 0.546. The van der Waals surface area contributed by atoms with E-state index in [-0.39, 0.29) is 0 Å². The molecule has 0 amide bonds. The molecule has 0 aliphatic heterocycles. The van der Waals surface area contributed by atoms with Gasteiger partial charge in [0.15, 0.2) is 0 Å². The van der Waals surface area contributed by atoms with Crippen LogP contribution in [0.25, 0.3) is 0 Å². The van der Waals surface area contributed by atoms with Crippen LogP contribution >= 0.6 is 11.6 Å². The summed E-state index contributed by atoms with van der Waals surface area (Å²) in [6.07, 6.45) is -1.25. The third-order valence-corrected chi connectivity index (χ3v) is 1.74. The van der Waals surface area contributed by atoms with E-state index in [1.54, 1.807) is 6.92 Å². The Morgan fingerprint density at radius 2 is 2.00 bits per heavy atom. The Morgan fingerprint density at radius 1 is 1.60 bits per heavy atom. The van der Waals surface area contributed by atoms with Crippen molar-refractivity contribution < 1.29 is 13.9 Å². The molecule has 0 aliphatic carbocycles. The second-order valence-electron chi connectivity index (χ2n) is 2.37. The number of aliphatic hydroxyl groups excluding tert-OH is 1. The lowest BCUT2D eigenvalue weighted by molar-refractivity contribution is -0.0676. The maximum atomic E-state index is 12.1. The van der Waals surface area contributed by atoms with Gasteiger partial charge in [-0.05, 0) is 17.5 Å². The highest BCUT2D eigenvalue weighted by molar-refractivity contribution is 6.22. The first-order valence-electron chi connectivity index (χ1n) is 3.14.